The van der Waals surface area contributed by atoms with Crippen molar-refractivity contribution in [3.8, 4) is 0 Å². The van der Waals surface area contributed by atoms with Crippen molar-refractivity contribution in [3.05, 3.63) is 23.0 Å². The minimum absolute atomic E-state index is 0.0128. The molecule has 2 fully saturated rings. The molecule has 2 aliphatic rings. The van der Waals surface area contributed by atoms with Crippen LogP contribution in [0.25, 0.3) is 0 Å². The first-order valence-electron chi connectivity index (χ1n) is 6.61. The number of amides is 1. The van der Waals surface area contributed by atoms with E-state index in [0.29, 0.717) is 16.8 Å². The third-order valence-electron chi connectivity index (χ3n) is 3.77. The Labute approximate surface area is 117 Å². The van der Waals surface area contributed by atoms with Crippen LogP contribution in [0.4, 0.5) is 0 Å². The van der Waals surface area contributed by atoms with E-state index in [0.717, 1.165) is 25.9 Å². The van der Waals surface area contributed by atoms with Crippen molar-refractivity contribution in [2.24, 2.45) is 0 Å². The molecule has 0 radical (unpaired) electrons. The van der Waals surface area contributed by atoms with Crippen LogP contribution in [0.1, 0.15) is 29.4 Å². The number of hydrogen-bond acceptors (Lipinski definition) is 3. The molecule has 0 bridgehead atoms. The predicted molar refractivity (Wildman–Crippen MR) is 72.6 cm³/mol. The first-order chi connectivity index (χ1) is 9.19. The molecule has 1 saturated heterocycles. The van der Waals surface area contributed by atoms with Crippen LogP contribution >= 0.6 is 11.6 Å². The average Bonchev–Trinajstić information content (AvgIpc) is 3.02. The highest BCUT2D eigenvalue weighted by molar-refractivity contribution is 6.31. The number of methoxy groups -OCH3 is 1. The van der Waals surface area contributed by atoms with E-state index in [4.69, 9.17) is 16.3 Å². The standard InChI is InChI=1S/C13H18ClN3O2/c1-19-12-6-15-5-10(12)16-13(18)11-4-8(14)7-17(11)9-2-3-9/h4,7,9-10,12,15H,2-3,5-6H2,1H3,(H,16,18)/t10?,12-/m0/s1. The number of rotatable bonds is 4. The molecule has 19 heavy (non-hydrogen) atoms. The maximum Gasteiger partial charge on any atom is 0.268 e. The van der Waals surface area contributed by atoms with Crippen LogP contribution in [-0.2, 0) is 4.74 Å². The van der Waals surface area contributed by atoms with E-state index in [1.165, 1.54) is 0 Å². The molecule has 104 valence electrons. The molecular weight excluding hydrogens is 266 g/mol. The van der Waals surface area contributed by atoms with Gasteiger partial charge in [0.15, 0.2) is 0 Å². The summed E-state index contributed by atoms with van der Waals surface area (Å²) in [5.41, 5.74) is 0.647. The van der Waals surface area contributed by atoms with Gasteiger partial charge in [-0.25, -0.2) is 0 Å². The van der Waals surface area contributed by atoms with E-state index in [-0.39, 0.29) is 18.1 Å². The Bertz CT molecular complexity index is 484. The minimum atomic E-state index is -0.0745. The van der Waals surface area contributed by atoms with Gasteiger partial charge in [-0.3, -0.25) is 4.79 Å². The fourth-order valence-electron chi connectivity index (χ4n) is 2.57. The number of hydrogen-bond donors (Lipinski definition) is 2. The number of carbonyl (C=O) groups excluding carboxylic acids is 1. The van der Waals surface area contributed by atoms with Crippen molar-refractivity contribution in [1.29, 1.82) is 0 Å². The summed E-state index contributed by atoms with van der Waals surface area (Å²) in [5, 5.41) is 6.85. The lowest BCUT2D eigenvalue weighted by atomic mass is 10.2. The summed E-state index contributed by atoms with van der Waals surface area (Å²) in [7, 11) is 1.67. The van der Waals surface area contributed by atoms with Crippen molar-refractivity contribution in [1.82, 2.24) is 15.2 Å². The lowest BCUT2D eigenvalue weighted by molar-refractivity contribution is 0.0773. The molecule has 2 atom stereocenters. The second-order valence-electron chi connectivity index (χ2n) is 5.19. The molecule has 3 rings (SSSR count). The van der Waals surface area contributed by atoms with Crippen LogP contribution in [0.3, 0.4) is 0 Å². The van der Waals surface area contributed by atoms with Gasteiger partial charge in [-0.2, -0.15) is 0 Å². The van der Waals surface area contributed by atoms with Crippen LogP contribution in [0, 0.1) is 0 Å². The van der Waals surface area contributed by atoms with E-state index in [9.17, 15) is 4.79 Å². The van der Waals surface area contributed by atoms with Gasteiger partial charge in [-0.1, -0.05) is 11.6 Å². The summed E-state index contributed by atoms with van der Waals surface area (Å²) < 4.78 is 7.33. The lowest BCUT2D eigenvalue weighted by Crippen LogP contribution is -2.44. The Morgan fingerprint density at radius 1 is 1.53 bits per heavy atom. The van der Waals surface area contributed by atoms with Crippen LogP contribution in [-0.4, -0.2) is 42.8 Å². The second kappa shape index (κ2) is 5.15. The van der Waals surface area contributed by atoms with Crippen LogP contribution in [0.15, 0.2) is 12.3 Å². The van der Waals surface area contributed by atoms with Crippen LogP contribution in [0.2, 0.25) is 5.02 Å². The van der Waals surface area contributed by atoms with Crippen molar-refractivity contribution in [2.45, 2.75) is 31.0 Å². The van der Waals surface area contributed by atoms with Crippen molar-refractivity contribution in [3.63, 3.8) is 0 Å². The van der Waals surface area contributed by atoms with E-state index in [2.05, 4.69) is 10.6 Å². The quantitative estimate of drug-likeness (QED) is 0.873. The molecular formula is C13H18ClN3O2. The SMILES string of the molecule is CO[C@H]1CNCC1NC(=O)c1cc(Cl)cn1C1CC1. The first kappa shape index (κ1) is 13.0. The zero-order chi connectivity index (χ0) is 13.4. The van der Waals surface area contributed by atoms with Crippen LogP contribution in [0.5, 0.6) is 0 Å². The molecule has 5 nitrogen and oxygen atoms in total. The molecule has 0 aromatic carbocycles. The highest BCUT2D eigenvalue weighted by Gasteiger charge is 2.31. The molecule has 0 spiro atoms. The van der Waals surface area contributed by atoms with E-state index in [1.807, 2.05) is 10.8 Å². The van der Waals surface area contributed by atoms with Gasteiger partial charge >= 0.3 is 0 Å². The fourth-order valence-corrected chi connectivity index (χ4v) is 2.78. The number of nitrogens with zero attached hydrogens (tertiary/aromatic N) is 1. The molecule has 1 aliphatic heterocycles. The molecule has 6 heteroatoms. The molecule has 1 aliphatic carbocycles. The summed E-state index contributed by atoms with van der Waals surface area (Å²) in [6.45, 7) is 1.51. The van der Waals surface area contributed by atoms with E-state index < -0.39 is 0 Å². The third-order valence-corrected chi connectivity index (χ3v) is 3.97. The van der Waals surface area contributed by atoms with E-state index in [1.54, 1.807) is 13.2 Å². The largest absolute Gasteiger partial charge is 0.378 e. The number of ether oxygens (including phenoxy) is 1. The Balaban J connectivity index is 1.73. The first-order valence-corrected chi connectivity index (χ1v) is 6.98. The lowest BCUT2D eigenvalue weighted by Gasteiger charge is -2.19. The summed E-state index contributed by atoms with van der Waals surface area (Å²) in [4.78, 5) is 12.4. The van der Waals surface area contributed by atoms with Crippen LogP contribution < -0.4 is 10.6 Å². The monoisotopic (exact) mass is 283 g/mol. The highest BCUT2D eigenvalue weighted by Crippen LogP contribution is 2.37. The van der Waals surface area contributed by atoms with Crippen molar-refractivity contribution in [2.75, 3.05) is 20.2 Å². The molecule has 1 unspecified atom stereocenters. The van der Waals surface area contributed by atoms with Gasteiger partial charge in [0.1, 0.15) is 5.69 Å². The van der Waals surface area contributed by atoms with Gasteiger partial charge in [-0.15, -0.1) is 0 Å². The summed E-state index contributed by atoms with van der Waals surface area (Å²) in [6, 6.07) is 2.19. The van der Waals surface area contributed by atoms with Crippen molar-refractivity contribution >= 4 is 17.5 Å². The van der Waals surface area contributed by atoms with Gasteiger partial charge < -0.3 is 19.9 Å². The topological polar surface area (TPSA) is 55.3 Å². The number of nitrogens with one attached hydrogen (secondary N) is 2. The number of aromatic nitrogens is 1. The van der Waals surface area contributed by atoms with Gasteiger partial charge in [0.2, 0.25) is 0 Å². The highest BCUT2D eigenvalue weighted by atomic mass is 35.5. The normalized spacial score (nSPS) is 26.6. The molecule has 2 heterocycles. The third kappa shape index (κ3) is 2.63. The molecule has 1 saturated carbocycles. The summed E-state index contributed by atoms with van der Waals surface area (Å²) >= 11 is 6.02. The predicted octanol–water partition coefficient (Wildman–Crippen LogP) is 1.19. The minimum Gasteiger partial charge on any atom is -0.378 e. The Kier molecular flexibility index (Phi) is 3.52. The number of carbonyl (C=O) groups is 1. The van der Waals surface area contributed by atoms with Crippen molar-refractivity contribution < 1.29 is 9.53 Å². The Morgan fingerprint density at radius 3 is 3.00 bits per heavy atom. The molecule has 1 aromatic heterocycles. The Morgan fingerprint density at radius 2 is 2.32 bits per heavy atom. The zero-order valence-electron chi connectivity index (χ0n) is 10.9. The average molecular weight is 284 g/mol. The smallest absolute Gasteiger partial charge is 0.268 e. The van der Waals surface area contributed by atoms with E-state index >= 15 is 0 Å². The summed E-state index contributed by atoms with van der Waals surface area (Å²) in [5.74, 6) is -0.0745. The molecule has 1 amide bonds. The maximum atomic E-state index is 12.4. The van der Waals surface area contributed by atoms with Gasteiger partial charge in [0.25, 0.3) is 5.91 Å². The zero-order valence-corrected chi connectivity index (χ0v) is 11.6. The molecule has 2 N–H and O–H groups in total. The van der Waals surface area contributed by atoms with Gasteiger partial charge in [0, 0.05) is 32.4 Å². The van der Waals surface area contributed by atoms with Gasteiger partial charge in [-0.05, 0) is 18.9 Å². The maximum absolute atomic E-state index is 12.4. The Hall–Kier alpha value is -1.04. The summed E-state index contributed by atoms with van der Waals surface area (Å²) in [6.07, 6.45) is 4.12. The molecule has 1 aromatic rings. The fraction of sp³-hybridized carbons (Fsp3) is 0.615. The number of halogens is 1. The van der Waals surface area contributed by atoms with Gasteiger partial charge in [0.05, 0.1) is 17.2 Å². The second-order valence-corrected chi connectivity index (χ2v) is 5.63.